The Hall–Kier alpha value is -2.53. The Kier molecular flexibility index (Phi) is 14.1. The van der Waals surface area contributed by atoms with Gasteiger partial charge in [0, 0.05) is 44.7 Å². The van der Waals surface area contributed by atoms with Gasteiger partial charge in [-0.2, -0.15) is 15.0 Å². The van der Waals surface area contributed by atoms with Crippen molar-refractivity contribution in [2.45, 2.75) is 47.1 Å². The molecule has 1 aromatic heterocycles. The lowest BCUT2D eigenvalue weighted by molar-refractivity contribution is -0.315. The van der Waals surface area contributed by atoms with Gasteiger partial charge in [0.2, 0.25) is 11.9 Å². The summed E-state index contributed by atoms with van der Waals surface area (Å²) >= 11 is 0. The SMILES string of the molecule is CCN(CC)c1nc(CNCCO)nc(N(CC)CC)n1.O=C([O-])CCC(=O)[O-]. The van der Waals surface area contributed by atoms with E-state index in [2.05, 4.69) is 57.8 Å². The van der Waals surface area contributed by atoms with Crippen LogP contribution in [0.2, 0.25) is 0 Å². The zero-order valence-electron chi connectivity index (χ0n) is 17.7. The van der Waals surface area contributed by atoms with Crippen molar-refractivity contribution in [3.05, 3.63) is 5.82 Å². The number of aliphatic hydroxyl groups is 1. The van der Waals surface area contributed by atoms with Crippen LogP contribution >= 0.6 is 0 Å². The third-order valence-corrected chi connectivity index (χ3v) is 3.86. The largest absolute Gasteiger partial charge is 0.550 e. The van der Waals surface area contributed by atoms with Crippen molar-refractivity contribution in [1.29, 1.82) is 0 Å². The first kappa shape index (κ1) is 26.5. The molecule has 0 aliphatic carbocycles. The number of aliphatic carboxylic acids is 2. The van der Waals surface area contributed by atoms with Gasteiger partial charge >= 0.3 is 0 Å². The predicted octanol–water partition coefficient (Wildman–Crippen LogP) is -2.09. The van der Waals surface area contributed by atoms with E-state index in [9.17, 15) is 19.8 Å². The molecule has 0 aromatic carbocycles. The molecule has 0 aliphatic rings. The molecule has 0 aliphatic heterocycles. The number of hydrogen-bond acceptors (Lipinski definition) is 11. The quantitative estimate of drug-likeness (QED) is 0.342. The monoisotopic (exact) mass is 412 g/mol. The van der Waals surface area contributed by atoms with E-state index < -0.39 is 24.8 Å². The molecule has 11 nitrogen and oxygen atoms in total. The molecule has 0 unspecified atom stereocenters. The van der Waals surface area contributed by atoms with Crippen LogP contribution in [-0.4, -0.2) is 71.3 Å². The fourth-order valence-corrected chi connectivity index (χ4v) is 2.25. The van der Waals surface area contributed by atoms with Crippen LogP contribution in [0.5, 0.6) is 0 Å². The van der Waals surface area contributed by atoms with Gasteiger partial charge in [-0.05, 0) is 40.5 Å². The minimum Gasteiger partial charge on any atom is -0.550 e. The lowest BCUT2D eigenvalue weighted by Gasteiger charge is -2.23. The highest BCUT2D eigenvalue weighted by Gasteiger charge is 2.14. The molecular formula is C18H32N6O5-2. The number of hydrogen-bond donors (Lipinski definition) is 2. The first-order valence-corrected chi connectivity index (χ1v) is 9.78. The maximum Gasteiger partial charge on any atom is 0.230 e. The third-order valence-electron chi connectivity index (χ3n) is 3.86. The summed E-state index contributed by atoms with van der Waals surface area (Å²) in [5, 5.41) is 31.0. The van der Waals surface area contributed by atoms with E-state index in [1.807, 2.05) is 0 Å². The number of rotatable bonds is 13. The molecule has 0 radical (unpaired) electrons. The smallest absolute Gasteiger partial charge is 0.230 e. The van der Waals surface area contributed by atoms with Crippen LogP contribution in [0.4, 0.5) is 11.9 Å². The zero-order valence-corrected chi connectivity index (χ0v) is 17.7. The Morgan fingerprint density at radius 2 is 1.28 bits per heavy atom. The number of carbonyl (C=O) groups excluding carboxylic acids is 2. The van der Waals surface area contributed by atoms with Gasteiger partial charge in [-0.25, -0.2) is 0 Å². The Morgan fingerprint density at radius 3 is 1.59 bits per heavy atom. The molecule has 29 heavy (non-hydrogen) atoms. The molecule has 0 amide bonds. The second kappa shape index (κ2) is 15.4. The van der Waals surface area contributed by atoms with Crippen LogP contribution in [0.1, 0.15) is 46.4 Å². The Bertz CT molecular complexity index is 564. The van der Waals surface area contributed by atoms with E-state index in [0.717, 1.165) is 38.1 Å². The second-order valence-electron chi connectivity index (χ2n) is 5.84. The number of aromatic nitrogens is 3. The van der Waals surface area contributed by atoms with E-state index in [1.165, 1.54) is 0 Å². The molecule has 0 bridgehead atoms. The van der Waals surface area contributed by atoms with Gasteiger partial charge in [0.25, 0.3) is 0 Å². The molecule has 0 fully saturated rings. The maximum atomic E-state index is 9.50. The zero-order chi connectivity index (χ0) is 22.2. The highest BCUT2D eigenvalue weighted by atomic mass is 16.4. The summed E-state index contributed by atoms with van der Waals surface area (Å²) in [5.74, 6) is -0.582. The molecule has 0 atom stereocenters. The minimum atomic E-state index is -1.37. The van der Waals surface area contributed by atoms with Crippen molar-refractivity contribution in [1.82, 2.24) is 20.3 Å². The number of carbonyl (C=O) groups is 2. The van der Waals surface area contributed by atoms with Crippen molar-refractivity contribution < 1.29 is 24.9 Å². The second-order valence-corrected chi connectivity index (χ2v) is 5.84. The topological polar surface area (TPSA) is 158 Å². The first-order chi connectivity index (χ1) is 13.8. The molecule has 1 aromatic rings. The molecule has 2 N–H and O–H groups in total. The number of nitrogens with zero attached hydrogens (tertiary/aromatic N) is 5. The highest BCUT2D eigenvalue weighted by molar-refractivity contribution is 5.72. The van der Waals surface area contributed by atoms with Gasteiger partial charge in [0.05, 0.1) is 13.2 Å². The van der Waals surface area contributed by atoms with Gasteiger partial charge in [-0.1, -0.05) is 0 Å². The van der Waals surface area contributed by atoms with E-state index >= 15 is 0 Å². The van der Waals surface area contributed by atoms with Gasteiger partial charge < -0.3 is 40.0 Å². The van der Waals surface area contributed by atoms with Crippen LogP contribution in [0.25, 0.3) is 0 Å². The molecule has 0 spiro atoms. The first-order valence-electron chi connectivity index (χ1n) is 9.78. The molecule has 1 rings (SSSR count). The number of carboxylic acid groups (broad SMARTS) is 2. The van der Waals surface area contributed by atoms with Crippen LogP contribution in [0.3, 0.4) is 0 Å². The van der Waals surface area contributed by atoms with E-state index in [-0.39, 0.29) is 6.61 Å². The van der Waals surface area contributed by atoms with Gasteiger partial charge in [-0.15, -0.1) is 0 Å². The molecular weight excluding hydrogens is 380 g/mol. The van der Waals surface area contributed by atoms with Crippen molar-refractivity contribution in [3.63, 3.8) is 0 Å². The molecule has 11 heteroatoms. The Morgan fingerprint density at radius 1 is 0.862 bits per heavy atom. The summed E-state index contributed by atoms with van der Waals surface area (Å²) in [6.07, 6.45) is -0.940. The van der Waals surface area contributed by atoms with Crippen LogP contribution in [0, 0.1) is 0 Å². The Labute approximate surface area is 171 Å². The Balaban J connectivity index is 0.000000828. The standard InChI is InChI=1S/C14H28N6O.C4H6O4/c1-5-19(6-2)13-16-12(11-15-9-10-21)17-14(18-13)20(7-3)8-4;5-3(6)1-2-4(7)8/h15,21H,5-11H2,1-4H3;1-2H2,(H,5,6)(H,7,8)/p-2. The van der Waals surface area contributed by atoms with Gasteiger partial charge in [0.15, 0.2) is 0 Å². The fraction of sp³-hybridized carbons (Fsp3) is 0.722. The third kappa shape index (κ3) is 11.2. The fourth-order valence-electron chi connectivity index (χ4n) is 2.25. The normalized spacial score (nSPS) is 10.1. The van der Waals surface area contributed by atoms with E-state index in [1.54, 1.807) is 0 Å². The summed E-state index contributed by atoms with van der Waals surface area (Å²) in [6.45, 7) is 13.0. The van der Waals surface area contributed by atoms with Crippen molar-refractivity contribution in [2.75, 3.05) is 49.1 Å². The predicted molar refractivity (Wildman–Crippen MR) is 105 cm³/mol. The highest BCUT2D eigenvalue weighted by Crippen LogP contribution is 2.14. The lowest BCUT2D eigenvalue weighted by Crippen LogP contribution is -2.30. The summed E-state index contributed by atoms with van der Waals surface area (Å²) in [5.41, 5.74) is 0. The van der Waals surface area contributed by atoms with E-state index in [4.69, 9.17) is 5.11 Å². The summed E-state index contributed by atoms with van der Waals surface area (Å²) in [4.78, 5) is 36.9. The lowest BCUT2D eigenvalue weighted by atomic mass is 10.3. The molecule has 0 saturated carbocycles. The average Bonchev–Trinajstić information content (AvgIpc) is 2.69. The van der Waals surface area contributed by atoms with Crippen LogP contribution in [0.15, 0.2) is 0 Å². The van der Waals surface area contributed by atoms with Crippen molar-refractivity contribution in [2.24, 2.45) is 0 Å². The molecule has 1 heterocycles. The van der Waals surface area contributed by atoms with Crippen molar-refractivity contribution >= 4 is 23.8 Å². The van der Waals surface area contributed by atoms with Gasteiger partial charge in [0.1, 0.15) is 5.82 Å². The summed E-state index contributed by atoms with van der Waals surface area (Å²) < 4.78 is 0. The maximum absolute atomic E-state index is 9.50. The number of anilines is 2. The van der Waals surface area contributed by atoms with Crippen LogP contribution in [-0.2, 0) is 16.1 Å². The summed E-state index contributed by atoms with van der Waals surface area (Å²) in [7, 11) is 0. The van der Waals surface area contributed by atoms with Gasteiger partial charge in [-0.3, -0.25) is 0 Å². The average molecular weight is 412 g/mol. The van der Waals surface area contributed by atoms with E-state index in [0.29, 0.717) is 18.9 Å². The number of aliphatic hydroxyl groups excluding tert-OH is 1. The van der Waals surface area contributed by atoms with Crippen molar-refractivity contribution in [3.8, 4) is 0 Å². The molecule has 0 saturated heterocycles. The molecule has 166 valence electrons. The summed E-state index contributed by atoms with van der Waals surface area (Å²) in [6, 6.07) is 0. The minimum absolute atomic E-state index is 0.108. The number of carboxylic acids is 2. The number of nitrogens with one attached hydrogen (secondary N) is 1. The van der Waals surface area contributed by atoms with Crippen LogP contribution < -0.4 is 25.3 Å².